The summed E-state index contributed by atoms with van der Waals surface area (Å²) in [6.07, 6.45) is -4.99. The monoisotopic (exact) mass is 588 g/mol. The predicted molar refractivity (Wildman–Crippen MR) is 156 cm³/mol. The van der Waals surface area contributed by atoms with Gasteiger partial charge in [0.1, 0.15) is 18.5 Å². The van der Waals surface area contributed by atoms with Crippen LogP contribution in [0.5, 0.6) is 5.75 Å². The highest BCUT2D eigenvalue weighted by atomic mass is 19.4. The van der Waals surface area contributed by atoms with Crippen LogP contribution < -0.4 is 15.4 Å². The van der Waals surface area contributed by atoms with E-state index in [1.807, 2.05) is 13.8 Å². The van der Waals surface area contributed by atoms with Crippen molar-refractivity contribution >= 4 is 28.2 Å². The molecule has 2 aromatic carbocycles. The molecule has 1 fully saturated rings. The SMILES string of the molecule is CCOC(=O)c1ccc(NCC#Cc2cc3c(N[C@@H]4CCN(C(C)C)C[C@@H]4F)cccc3n2CC(F)(F)F)c(OC)c1. The molecule has 1 saturated heterocycles. The number of carbonyl (C=O) groups is 1. The van der Waals surface area contributed by atoms with Crippen molar-refractivity contribution in [2.45, 2.75) is 58.2 Å². The number of likely N-dealkylation sites (tertiary alicyclic amines) is 1. The van der Waals surface area contributed by atoms with Crippen LogP contribution in [0.4, 0.5) is 28.9 Å². The summed E-state index contributed by atoms with van der Waals surface area (Å²) in [4.78, 5) is 14.1. The molecule has 0 bridgehead atoms. The normalized spacial score (nSPS) is 17.5. The van der Waals surface area contributed by atoms with E-state index in [0.29, 0.717) is 46.6 Å². The largest absolute Gasteiger partial charge is 0.495 e. The summed E-state index contributed by atoms with van der Waals surface area (Å²) in [5.41, 5.74) is 2.02. The summed E-state index contributed by atoms with van der Waals surface area (Å²) < 4.78 is 67.3. The zero-order chi connectivity index (χ0) is 30.4. The number of methoxy groups -OCH3 is 1. The quantitative estimate of drug-likeness (QED) is 0.179. The third-order valence-corrected chi connectivity index (χ3v) is 7.22. The highest BCUT2D eigenvalue weighted by Gasteiger charge is 2.32. The number of aromatic nitrogens is 1. The summed E-state index contributed by atoms with van der Waals surface area (Å²) in [7, 11) is 1.46. The molecule has 2 atom stereocenters. The van der Waals surface area contributed by atoms with E-state index in [1.165, 1.54) is 13.2 Å². The zero-order valence-corrected chi connectivity index (χ0v) is 24.1. The lowest BCUT2D eigenvalue weighted by Crippen LogP contribution is -2.50. The molecule has 42 heavy (non-hydrogen) atoms. The predicted octanol–water partition coefficient (Wildman–Crippen LogP) is 6.09. The Kier molecular flexibility index (Phi) is 9.89. The molecule has 1 aliphatic rings. The first-order valence-electron chi connectivity index (χ1n) is 13.9. The van der Waals surface area contributed by atoms with Crippen molar-refractivity contribution < 1.29 is 31.8 Å². The molecule has 1 aliphatic heterocycles. The third kappa shape index (κ3) is 7.48. The first-order valence-corrected chi connectivity index (χ1v) is 13.9. The van der Waals surface area contributed by atoms with Crippen LogP contribution in [0.1, 0.15) is 43.2 Å². The number of anilines is 2. The first-order chi connectivity index (χ1) is 20.0. The number of ether oxygens (including phenoxy) is 2. The maximum absolute atomic E-state index is 15.0. The fraction of sp³-hybridized carbons (Fsp3) is 0.452. The Morgan fingerprint density at radius 2 is 1.95 bits per heavy atom. The van der Waals surface area contributed by atoms with E-state index in [2.05, 4.69) is 27.4 Å². The Morgan fingerprint density at radius 3 is 2.62 bits per heavy atom. The molecule has 2 heterocycles. The van der Waals surface area contributed by atoms with Gasteiger partial charge in [0.05, 0.1) is 48.8 Å². The minimum absolute atomic E-state index is 0.103. The topological polar surface area (TPSA) is 67.8 Å². The molecular formula is C31H36F4N4O3. The lowest BCUT2D eigenvalue weighted by Gasteiger charge is -2.37. The lowest BCUT2D eigenvalue weighted by molar-refractivity contribution is -0.140. The van der Waals surface area contributed by atoms with Gasteiger partial charge in [-0.2, -0.15) is 13.2 Å². The van der Waals surface area contributed by atoms with Crippen molar-refractivity contribution in [3.8, 4) is 17.6 Å². The Labute approximate surface area is 243 Å². The van der Waals surface area contributed by atoms with Gasteiger partial charge >= 0.3 is 12.1 Å². The Hall–Kier alpha value is -3.91. The molecule has 0 unspecified atom stereocenters. The Morgan fingerprint density at radius 1 is 1.17 bits per heavy atom. The van der Waals surface area contributed by atoms with Crippen molar-refractivity contribution in [2.24, 2.45) is 0 Å². The summed E-state index contributed by atoms with van der Waals surface area (Å²) in [5.74, 6) is 5.67. The number of hydrogen-bond acceptors (Lipinski definition) is 6. The van der Waals surface area contributed by atoms with Crippen molar-refractivity contribution in [3.63, 3.8) is 0 Å². The molecule has 2 N–H and O–H groups in total. The van der Waals surface area contributed by atoms with Gasteiger partial charge in [-0.05, 0) is 69.5 Å². The molecule has 0 amide bonds. The molecule has 226 valence electrons. The van der Waals surface area contributed by atoms with Crippen molar-refractivity contribution in [1.29, 1.82) is 0 Å². The van der Waals surface area contributed by atoms with Crippen molar-refractivity contribution in [2.75, 3.05) is 44.0 Å². The molecule has 0 aliphatic carbocycles. The molecule has 0 radical (unpaired) electrons. The molecule has 3 aromatic rings. The van der Waals surface area contributed by atoms with Gasteiger partial charge < -0.3 is 24.7 Å². The maximum Gasteiger partial charge on any atom is 0.406 e. The van der Waals surface area contributed by atoms with Crippen LogP contribution in [-0.4, -0.2) is 73.2 Å². The molecule has 0 spiro atoms. The average molecular weight is 589 g/mol. The van der Waals surface area contributed by atoms with Crippen molar-refractivity contribution in [1.82, 2.24) is 9.47 Å². The second-order valence-electron chi connectivity index (χ2n) is 10.4. The minimum Gasteiger partial charge on any atom is -0.495 e. The highest BCUT2D eigenvalue weighted by Crippen LogP contribution is 2.32. The van der Waals surface area contributed by atoms with Gasteiger partial charge in [-0.3, -0.25) is 4.90 Å². The van der Waals surface area contributed by atoms with Gasteiger partial charge in [0.2, 0.25) is 0 Å². The van der Waals surface area contributed by atoms with Crippen LogP contribution in [0.25, 0.3) is 10.9 Å². The number of fused-ring (bicyclic) bond motifs is 1. The van der Waals surface area contributed by atoms with E-state index in [1.54, 1.807) is 43.3 Å². The highest BCUT2D eigenvalue weighted by molar-refractivity contribution is 5.94. The van der Waals surface area contributed by atoms with Gasteiger partial charge in [0, 0.05) is 30.2 Å². The lowest BCUT2D eigenvalue weighted by atomic mass is 10.0. The molecule has 4 rings (SSSR count). The van der Waals surface area contributed by atoms with Crippen LogP contribution in [0.2, 0.25) is 0 Å². The smallest absolute Gasteiger partial charge is 0.406 e. The van der Waals surface area contributed by atoms with E-state index in [9.17, 15) is 18.0 Å². The molecular weight excluding hydrogens is 552 g/mol. The Bertz CT molecular complexity index is 1460. The van der Waals surface area contributed by atoms with Gasteiger partial charge in [-0.15, -0.1) is 0 Å². The van der Waals surface area contributed by atoms with Gasteiger partial charge in [0.15, 0.2) is 0 Å². The van der Waals surface area contributed by atoms with Crippen LogP contribution in [0.15, 0.2) is 42.5 Å². The number of rotatable bonds is 9. The number of esters is 1. The number of benzene rings is 2. The van der Waals surface area contributed by atoms with Gasteiger partial charge in [-0.1, -0.05) is 12.0 Å². The van der Waals surface area contributed by atoms with E-state index in [4.69, 9.17) is 9.47 Å². The van der Waals surface area contributed by atoms with Crippen LogP contribution in [-0.2, 0) is 11.3 Å². The number of carbonyl (C=O) groups excluding carboxylic acids is 1. The number of hydrogen-bond donors (Lipinski definition) is 2. The van der Waals surface area contributed by atoms with Gasteiger partial charge in [0.25, 0.3) is 0 Å². The fourth-order valence-corrected chi connectivity index (χ4v) is 5.08. The summed E-state index contributed by atoms with van der Waals surface area (Å²) in [6.45, 7) is 5.95. The standard InChI is InChI=1S/C31H36F4N4O3/c1-5-42-30(40)21-11-12-27(29(16-21)41-4)36-14-7-8-22-17-23-25(9-6-10-28(23)39(22)19-31(33,34)35)37-26-13-15-38(20(2)3)18-24(26)32/h6,9-12,16-17,20,24,26,36-37H,5,13-15,18-19H2,1-4H3/t24-,26+/m0/s1. The second kappa shape index (κ2) is 13.4. The number of nitrogens with zero attached hydrogens (tertiary/aromatic N) is 2. The van der Waals surface area contributed by atoms with Crippen LogP contribution in [0, 0.1) is 11.8 Å². The number of alkyl halides is 4. The maximum atomic E-state index is 15.0. The summed E-state index contributed by atoms with van der Waals surface area (Å²) >= 11 is 0. The second-order valence-corrected chi connectivity index (χ2v) is 10.4. The van der Waals surface area contributed by atoms with E-state index >= 15 is 4.39 Å². The number of halogens is 4. The average Bonchev–Trinajstić information content (AvgIpc) is 3.28. The van der Waals surface area contributed by atoms with E-state index in [-0.39, 0.29) is 24.9 Å². The third-order valence-electron chi connectivity index (χ3n) is 7.22. The Balaban J connectivity index is 1.56. The number of piperidine rings is 1. The van der Waals surface area contributed by atoms with Crippen LogP contribution in [0.3, 0.4) is 0 Å². The zero-order valence-electron chi connectivity index (χ0n) is 24.1. The minimum atomic E-state index is -4.47. The number of nitrogens with one attached hydrogen (secondary N) is 2. The first kappa shape index (κ1) is 31.0. The summed E-state index contributed by atoms with van der Waals surface area (Å²) in [6, 6.07) is 11.2. The van der Waals surface area contributed by atoms with E-state index in [0.717, 1.165) is 11.1 Å². The van der Waals surface area contributed by atoms with Crippen LogP contribution >= 0.6 is 0 Å². The van der Waals surface area contributed by atoms with Crippen molar-refractivity contribution in [3.05, 3.63) is 53.7 Å². The van der Waals surface area contributed by atoms with Gasteiger partial charge in [-0.25, -0.2) is 9.18 Å². The summed E-state index contributed by atoms with van der Waals surface area (Å²) in [5, 5.41) is 6.88. The van der Waals surface area contributed by atoms with E-state index < -0.39 is 30.9 Å². The molecule has 11 heteroatoms. The molecule has 7 nitrogen and oxygen atoms in total. The fourth-order valence-electron chi connectivity index (χ4n) is 5.08. The molecule has 1 aromatic heterocycles. The molecule has 0 saturated carbocycles.